The highest BCUT2D eigenvalue weighted by atomic mass is 19.4. The van der Waals surface area contributed by atoms with Gasteiger partial charge in [-0.05, 0) is 30.3 Å². The van der Waals surface area contributed by atoms with Crippen LogP contribution < -0.4 is 5.56 Å². The number of aromatic amines is 1. The van der Waals surface area contributed by atoms with Gasteiger partial charge in [-0.2, -0.15) is 18.3 Å². The highest BCUT2D eigenvalue weighted by Gasteiger charge is 2.38. The largest absolute Gasteiger partial charge is 0.478 e. The average Bonchev–Trinajstić information content (AvgIpc) is 2.98. The Hall–Kier alpha value is -3.69. The lowest BCUT2D eigenvalue weighted by molar-refractivity contribution is -0.140. The summed E-state index contributed by atoms with van der Waals surface area (Å²) < 4.78 is 40.6. The first-order valence-electron chi connectivity index (χ1n) is 7.50. The first-order chi connectivity index (χ1) is 12.8. The molecule has 1 heterocycles. The van der Waals surface area contributed by atoms with Crippen molar-refractivity contribution in [2.45, 2.75) is 6.18 Å². The first kappa shape index (κ1) is 18.1. The van der Waals surface area contributed by atoms with Crippen molar-refractivity contribution >= 4 is 17.3 Å². The van der Waals surface area contributed by atoms with E-state index in [1.165, 1.54) is 30.3 Å². The number of carboxylic acids is 1. The number of carboxylic acid groups (broad SMARTS) is 1. The van der Waals surface area contributed by atoms with E-state index >= 15 is 0 Å². The van der Waals surface area contributed by atoms with Crippen LogP contribution in [0.2, 0.25) is 0 Å². The number of carbonyl (C=O) groups is 1. The van der Waals surface area contributed by atoms with E-state index in [2.05, 4.69) is 10.2 Å². The van der Waals surface area contributed by atoms with Crippen LogP contribution in [0.15, 0.2) is 69.6 Å². The summed E-state index contributed by atoms with van der Waals surface area (Å²) >= 11 is 0. The quantitative estimate of drug-likeness (QED) is 0.664. The Labute approximate surface area is 149 Å². The molecule has 0 atom stereocenters. The number of nitrogens with zero attached hydrogens (tertiary/aromatic N) is 3. The van der Waals surface area contributed by atoms with Crippen LogP contribution in [0, 0.1) is 0 Å². The molecule has 0 spiro atoms. The summed E-state index contributed by atoms with van der Waals surface area (Å²) in [6.07, 6.45) is -4.86. The van der Waals surface area contributed by atoms with Gasteiger partial charge < -0.3 is 5.11 Å². The molecule has 0 saturated carbocycles. The second-order valence-electron chi connectivity index (χ2n) is 5.36. The van der Waals surface area contributed by atoms with Crippen LogP contribution >= 0.6 is 0 Å². The van der Waals surface area contributed by atoms with Crippen LogP contribution in [0.5, 0.6) is 0 Å². The predicted molar refractivity (Wildman–Crippen MR) is 89.0 cm³/mol. The van der Waals surface area contributed by atoms with E-state index in [1.807, 2.05) is 5.10 Å². The zero-order valence-electron chi connectivity index (χ0n) is 13.4. The summed E-state index contributed by atoms with van der Waals surface area (Å²) in [4.78, 5) is 23.4. The predicted octanol–water partition coefficient (Wildman–Crippen LogP) is 4.30. The lowest BCUT2D eigenvalue weighted by atomic mass is 10.2. The molecular weight excluding hydrogens is 365 g/mol. The number of aromatic nitrogens is 2. The van der Waals surface area contributed by atoms with Crippen molar-refractivity contribution in [1.29, 1.82) is 0 Å². The Kier molecular flexibility index (Phi) is 4.63. The number of halogens is 3. The molecule has 0 fully saturated rings. The third-order valence-electron chi connectivity index (χ3n) is 3.52. The maximum absolute atomic E-state index is 13.3. The van der Waals surface area contributed by atoms with Gasteiger partial charge in [0, 0.05) is 0 Å². The van der Waals surface area contributed by atoms with Crippen LogP contribution in [0.4, 0.5) is 24.5 Å². The molecule has 138 valence electrons. The monoisotopic (exact) mass is 376 g/mol. The Bertz CT molecular complexity index is 1070. The van der Waals surface area contributed by atoms with Gasteiger partial charge in [0.05, 0.1) is 16.9 Å². The minimum Gasteiger partial charge on any atom is -0.478 e. The number of H-pyrrole nitrogens is 1. The van der Waals surface area contributed by atoms with Gasteiger partial charge >= 0.3 is 12.1 Å². The van der Waals surface area contributed by atoms with Crippen molar-refractivity contribution in [2.24, 2.45) is 10.2 Å². The second kappa shape index (κ2) is 6.90. The molecule has 2 aromatic carbocycles. The number of rotatable bonds is 4. The standard InChI is InChI=1S/C17H11F3N4O3/c18-17(19,20)14-13(15(25)24(23-14)12-7-2-1-3-8-12)22-21-11-6-4-5-10(9-11)16(26)27/h1-9,23H,(H,26,27). The van der Waals surface area contributed by atoms with Gasteiger partial charge in [-0.1, -0.05) is 24.3 Å². The molecule has 7 nitrogen and oxygen atoms in total. The molecule has 0 saturated heterocycles. The fraction of sp³-hybridized carbons (Fsp3) is 0.0588. The van der Waals surface area contributed by atoms with E-state index in [9.17, 15) is 22.8 Å². The summed E-state index contributed by atoms with van der Waals surface area (Å²) in [6.45, 7) is 0. The fourth-order valence-corrected chi connectivity index (χ4v) is 2.29. The van der Waals surface area contributed by atoms with Gasteiger partial charge in [-0.25, -0.2) is 9.48 Å². The van der Waals surface area contributed by atoms with Gasteiger partial charge in [0.25, 0.3) is 5.56 Å². The lowest BCUT2D eigenvalue weighted by Gasteiger charge is -2.04. The molecule has 0 aliphatic rings. The number of para-hydroxylation sites is 1. The maximum Gasteiger partial charge on any atom is 0.435 e. The summed E-state index contributed by atoms with van der Waals surface area (Å²) in [5.41, 5.74) is -3.23. The highest BCUT2D eigenvalue weighted by molar-refractivity contribution is 5.88. The van der Waals surface area contributed by atoms with Crippen LogP contribution in [-0.2, 0) is 6.18 Å². The zero-order chi connectivity index (χ0) is 19.6. The Balaban J connectivity index is 2.09. The molecule has 1 aromatic heterocycles. The van der Waals surface area contributed by atoms with Crippen molar-refractivity contribution in [1.82, 2.24) is 9.78 Å². The van der Waals surface area contributed by atoms with Crippen LogP contribution in [-0.4, -0.2) is 20.9 Å². The molecule has 3 aromatic rings. The zero-order valence-corrected chi connectivity index (χ0v) is 13.4. The van der Waals surface area contributed by atoms with E-state index in [-0.39, 0.29) is 16.9 Å². The molecule has 0 aliphatic heterocycles. The SMILES string of the molecule is O=C(O)c1cccc(N=Nc2c(C(F)(F)F)[nH]n(-c3ccccc3)c2=O)c1. The van der Waals surface area contributed by atoms with Gasteiger partial charge in [0.2, 0.25) is 0 Å². The molecule has 0 unspecified atom stereocenters. The second-order valence-corrected chi connectivity index (χ2v) is 5.36. The summed E-state index contributed by atoms with van der Waals surface area (Å²) in [5, 5.41) is 18.0. The van der Waals surface area contributed by atoms with Crippen LogP contribution in [0.1, 0.15) is 16.1 Å². The molecule has 0 aliphatic carbocycles. The van der Waals surface area contributed by atoms with Gasteiger partial charge in [0.15, 0.2) is 11.4 Å². The molecular formula is C17H11F3N4O3. The van der Waals surface area contributed by atoms with Gasteiger partial charge in [-0.3, -0.25) is 9.89 Å². The number of alkyl halides is 3. The fourth-order valence-electron chi connectivity index (χ4n) is 2.29. The normalized spacial score (nSPS) is 11.8. The number of azo groups is 1. The smallest absolute Gasteiger partial charge is 0.435 e. The van der Waals surface area contributed by atoms with Crippen molar-refractivity contribution in [2.75, 3.05) is 0 Å². The maximum atomic E-state index is 13.3. The third-order valence-corrected chi connectivity index (χ3v) is 3.52. The van der Waals surface area contributed by atoms with Gasteiger partial charge in [-0.15, -0.1) is 5.11 Å². The number of nitrogens with one attached hydrogen (secondary N) is 1. The van der Waals surface area contributed by atoms with E-state index in [4.69, 9.17) is 5.11 Å². The number of aromatic carboxylic acids is 1. The topological polar surface area (TPSA) is 99.8 Å². The van der Waals surface area contributed by atoms with Crippen molar-refractivity contribution in [3.8, 4) is 5.69 Å². The van der Waals surface area contributed by atoms with E-state index in [0.717, 1.165) is 6.07 Å². The van der Waals surface area contributed by atoms with Crippen LogP contribution in [0.3, 0.4) is 0 Å². The number of hydrogen-bond acceptors (Lipinski definition) is 4. The summed E-state index contributed by atoms with van der Waals surface area (Å²) in [5.74, 6) is -1.23. The number of benzene rings is 2. The average molecular weight is 376 g/mol. The van der Waals surface area contributed by atoms with E-state index < -0.39 is 29.1 Å². The van der Waals surface area contributed by atoms with Crippen molar-refractivity contribution in [3.63, 3.8) is 0 Å². The molecule has 27 heavy (non-hydrogen) atoms. The third kappa shape index (κ3) is 3.78. The van der Waals surface area contributed by atoms with Gasteiger partial charge in [0.1, 0.15) is 0 Å². The Morgan fingerprint density at radius 2 is 1.74 bits per heavy atom. The lowest BCUT2D eigenvalue weighted by Crippen LogP contribution is -2.13. The molecule has 3 rings (SSSR count). The summed E-state index contributed by atoms with van der Waals surface area (Å²) in [7, 11) is 0. The first-order valence-corrected chi connectivity index (χ1v) is 7.50. The Morgan fingerprint density at radius 3 is 2.37 bits per heavy atom. The molecule has 0 bridgehead atoms. The van der Waals surface area contributed by atoms with E-state index in [1.54, 1.807) is 18.2 Å². The molecule has 0 radical (unpaired) electrons. The molecule has 10 heteroatoms. The molecule has 2 N–H and O–H groups in total. The molecule has 0 amide bonds. The van der Waals surface area contributed by atoms with Crippen LogP contribution in [0.25, 0.3) is 5.69 Å². The Morgan fingerprint density at radius 1 is 1.04 bits per heavy atom. The van der Waals surface area contributed by atoms with E-state index in [0.29, 0.717) is 4.68 Å². The highest BCUT2D eigenvalue weighted by Crippen LogP contribution is 2.34. The van der Waals surface area contributed by atoms with Crippen molar-refractivity contribution in [3.05, 3.63) is 76.2 Å². The number of hydrogen-bond donors (Lipinski definition) is 2. The van der Waals surface area contributed by atoms with Crippen molar-refractivity contribution < 1.29 is 23.1 Å². The minimum absolute atomic E-state index is 0.00474. The summed E-state index contributed by atoms with van der Waals surface area (Å²) in [6, 6.07) is 12.8. The minimum atomic E-state index is -4.86.